The highest BCUT2D eigenvalue weighted by Gasteiger charge is 2.08. The molecule has 1 aromatic rings. The SMILES string of the molecule is CC(C)NCCCC(=O)N(C)Cc1ccc(Cl)cc1. The van der Waals surface area contributed by atoms with E-state index in [1.807, 2.05) is 31.3 Å². The van der Waals surface area contributed by atoms with Crippen molar-refractivity contribution in [2.24, 2.45) is 0 Å². The number of hydrogen-bond donors (Lipinski definition) is 1. The third-order valence-corrected chi connectivity index (χ3v) is 3.13. The molecule has 0 radical (unpaired) electrons. The summed E-state index contributed by atoms with van der Waals surface area (Å²) in [6, 6.07) is 8.07. The maximum absolute atomic E-state index is 11.9. The predicted molar refractivity (Wildman–Crippen MR) is 80.3 cm³/mol. The van der Waals surface area contributed by atoms with Gasteiger partial charge in [0.1, 0.15) is 0 Å². The second kappa shape index (κ2) is 8.18. The Hall–Kier alpha value is -1.06. The first-order valence-corrected chi connectivity index (χ1v) is 7.08. The largest absolute Gasteiger partial charge is 0.341 e. The summed E-state index contributed by atoms with van der Waals surface area (Å²) in [5, 5.41) is 4.03. The van der Waals surface area contributed by atoms with Crippen LogP contribution in [0.2, 0.25) is 5.02 Å². The van der Waals surface area contributed by atoms with E-state index in [0.29, 0.717) is 19.0 Å². The number of carbonyl (C=O) groups is 1. The lowest BCUT2D eigenvalue weighted by atomic mass is 10.2. The molecule has 0 heterocycles. The van der Waals surface area contributed by atoms with Crippen LogP contribution in [0.15, 0.2) is 24.3 Å². The minimum atomic E-state index is 0.181. The first-order valence-electron chi connectivity index (χ1n) is 6.71. The number of nitrogens with zero attached hydrogens (tertiary/aromatic N) is 1. The van der Waals surface area contributed by atoms with Crippen molar-refractivity contribution in [3.63, 3.8) is 0 Å². The van der Waals surface area contributed by atoms with Gasteiger partial charge < -0.3 is 10.2 Å². The summed E-state index contributed by atoms with van der Waals surface area (Å²) in [6.45, 7) is 5.73. The lowest BCUT2D eigenvalue weighted by molar-refractivity contribution is -0.130. The van der Waals surface area contributed by atoms with E-state index < -0.39 is 0 Å². The number of carbonyl (C=O) groups excluding carboxylic acids is 1. The van der Waals surface area contributed by atoms with Crippen LogP contribution in [0.4, 0.5) is 0 Å². The Morgan fingerprint density at radius 2 is 1.95 bits per heavy atom. The van der Waals surface area contributed by atoms with Crippen LogP contribution < -0.4 is 5.32 Å². The van der Waals surface area contributed by atoms with Crippen LogP contribution in [0, 0.1) is 0 Å². The molecule has 0 saturated heterocycles. The van der Waals surface area contributed by atoms with Crippen molar-refractivity contribution < 1.29 is 4.79 Å². The third-order valence-electron chi connectivity index (χ3n) is 2.88. The molecule has 0 unspecified atom stereocenters. The van der Waals surface area contributed by atoms with Gasteiger partial charge in [-0.15, -0.1) is 0 Å². The molecule has 3 nitrogen and oxygen atoms in total. The van der Waals surface area contributed by atoms with E-state index in [1.165, 1.54) is 0 Å². The number of rotatable bonds is 7. The zero-order valence-corrected chi connectivity index (χ0v) is 12.7. The van der Waals surface area contributed by atoms with Crippen molar-refractivity contribution in [2.75, 3.05) is 13.6 Å². The number of hydrogen-bond acceptors (Lipinski definition) is 2. The predicted octanol–water partition coefficient (Wildman–Crippen LogP) is 3.08. The Kier molecular flexibility index (Phi) is 6.89. The fourth-order valence-electron chi connectivity index (χ4n) is 1.77. The molecule has 0 aliphatic carbocycles. The van der Waals surface area contributed by atoms with E-state index in [2.05, 4.69) is 19.2 Å². The van der Waals surface area contributed by atoms with Crippen LogP contribution in [0.25, 0.3) is 0 Å². The Morgan fingerprint density at radius 3 is 2.53 bits per heavy atom. The monoisotopic (exact) mass is 282 g/mol. The van der Waals surface area contributed by atoms with Crippen LogP contribution in [-0.4, -0.2) is 30.4 Å². The topological polar surface area (TPSA) is 32.3 Å². The Labute approximate surface area is 120 Å². The normalized spacial score (nSPS) is 10.8. The van der Waals surface area contributed by atoms with E-state index in [9.17, 15) is 4.79 Å². The van der Waals surface area contributed by atoms with E-state index in [0.717, 1.165) is 23.6 Å². The molecule has 0 aliphatic heterocycles. The molecule has 1 amide bonds. The van der Waals surface area contributed by atoms with Crippen molar-refractivity contribution in [3.8, 4) is 0 Å². The van der Waals surface area contributed by atoms with Crippen molar-refractivity contribution >= 4 is 17.5 Å². The molecule has 0 bridgehead atoms. The van der Waals surface area contributed by atoms with Crippen molar-refractivity contribution in [2.45, 2.75) is 39.3 Å². The third kappa shape index (κ3) is 6.60. The summed E-state index contributed by atoms with van der Waals surface area (Å²) < 4.78 is 0. The summed E-state index contributed by atoms with van der Waals surface area (Å²) in [5.41, 5.74) is 1.10. The molecule has 19 heavy (non-hydrogen) atoms. The van der Waals surface area contributed by atoms with Gasteiger partial charge in [0.05, 0.1) is 0 Å². The zero-order chi connectivity index (χ0) is 14.3. The molecule has 106 valence electrons. The van der Waals surface area contributed by atoms with Gasteiger partial charge in [0.2, 0.25) is 5.91 Å². The standard InChI is InChI=1S/C15H23ClN2O/c1-12(2)17-10-4-5-15(19)18(3)11-13-6-8-14(16)9-7-13/h6-9,12,17H,4-5,10-11H2,1-3H3. The molecule has 0 fully saturated rings. The van der Waals surface area contributed by atoms with E-state index in [4.69, 9.17) is 11.6 Å². The Morgan fingerprint density at radius 1 is 1.32 bits per heavy atom. The van der Waals surface area contributed by atoms with Gasteiger partial charge in [0.15, 0.2) is 0 Å². The molecule has 4 heteroatoms. The fraction of sp³-hybridized carbons (Fsp3) is 0.533. The summed E-state index contributed by atoms with van der Waals surface area (Å²) >= 11 is 5.83. The molecule has 0 spiro atoms. The minimum Gasteiger partial charge on any atom is -0.341 e. The van der Waals surface area contributed by atoms with Gasteiger partial charge in [-0.1, -0.05) is 37.6 Å². The van der Waals surface area contributed by atoms with Crippen LogP contribution in [0.1, 0.15) is 32.3 Å². The maximum atomic E-state index is 11.9. The van der Waals surface area contributed by atoms with Gasteiger partial charge in [-0.3, -0.25) is 4.79 Å². The lowest BCUT2D eigenvalue weighted by Crippen LogP contribution is -2.28. The van der Waals surface area contributed by atoms with Crippen LogP contribution in [0.5, 0.6) is 0 Å². The van der Waals surface area contributed by atoms with Gasteiger partial charge in [0.25, 0.3) is 0 Å². The molecule has 0 saturated carbocycles. The van der Waals surface area contributed by atoms with Crippen LogP contribution >= 0.6 is 11.6 Å². The fourth-order valence-corrected chi connectivity index (χ4v) is 1.90. The average Bonchev–Trinajstić information content (AvgIpc) is 2.36. The first-order chi connectivity index (χ1) is 8.99. The zero-order valence-electron chi connectivity index (χ0n) is 11.9. The van der Waals surface area contributed by atoms with Gasteiger partial charge in [-0.2, -0.15) is 0 Å². The summed E-state index contributed by atoms with van der Waals surface area (Å²) in [7, 11) is 1.84. The lowest BCUT2D eigenvalue weighted by Gasteiger charge is -2.17. The highest BCUT2D eigenvalue weighted by Crippen LogP contribution is 2.11. The van der Waals surface area contributed by atoms with Gasteiger partial charge in [-0.25, -0.2) is 0 Å². The van der Waals surface area contributed by atoms with Crippen LogP contribution in [-0.2, 0) is 11.3 Å². The molecule has 0 aliphatic rings. The number of nitrogens with one attached hydrogen (secondary N) is 1. The van der Waals surface area contributed by atoms with Crippen molar-refractivity contribution in [3.05, 3.63) is 34.9 Å². The van der Waals surface area contributed by atoms with Gasteiger partial charge in [-0.05, 0) is 30.7 Å². The molecular formula is C15H23ClN2O. The van der Waals surface area contributed by atoms with E-state index in [-0.39, 0.29) is 5.91 Å². The average molecular weight is 283 g/mol. The highest BCUT2D eigenvalue weighted by molar-refractivity contribution is 6.30. The highest BCUT2D eigenvalue weighted by atomic mass is 35.5. The first kappa shape index (κ1) is 16.0. The van der Waals surface area contributed by atoms with Crippen LogP contribution in [0.3, 0.4) is 0 Å². The molecule has 1 rings (SSSR count). The smallest absolute Gasteiger partial charge is 0.222 e. The number of benzene rings is 1. The second-order valence-corrected chi connectivity index (χ2v) is 5.53. The number of amides is 1. The molecule has 1 N–H and O–H groups in total. The maximum Gasteiger partial charge on any atom is 0.222 e. The summed E-state index contributed by atoms with van der Waals surface area (Å²) in [4.78, 5) is 13.7. The molecule has 1 aromatic carbocycles. The molecule has 0 atom stereocenters. The quantitative estimate of drug-likeness (QED) is 0.780. The molecule has 0 aromatic heterocycles. The van der Waals surface area contributed by atoms with Crippen molar-refractivity contribution in [1.29, 1.82) is 0 Å². The van der Waals surface area contributed by atoms with Gasteiger partial charge >= 0.3 is 0 Å². The summed E-state index contributed by atoms with van der Waals surface area (Å²) in [6.07, 6.45) is 1.46. The van der Waals surface area contributed by atoms with Crippen molar-refractivity contribution in [1.82, 2.24) is 10.2 Å². The van der Waals surface area contributed by atoms with Gasteiger partial charge in [0, 0.05) is 31.1 Å². The minimum absolute atomic E-state index is 0.181. The second-order valence-electron chi connectivity index (χ2n) is 5.09. The van der Waals surface area contributed by atoms with E-state index >= 15 is 0 Å². The number of halogens is 1. The molecular weight excluding hydrogens is 260 g/mol. The van der Waals surface area contributed by atoms with E-state index in [1.54, 1.807) is 4.90 Å². The summed E-state index contributed by atoms with van der Waals surface area (Å²) in [5.74, 6) is 0.181. The Bertz CT molecular complexity index is 390. The Balaban J connectivity index is 2.30.